The summed E-state index contributed by atoms with van der Waals surface area (Å²) in [5.74, 6) is 0.453. The molecule has 1 saturated carbocycles. The van der Waals surface area contributed by atoms with Crippen LogP contribution < -0.4 is 5.73 Å². The highest BCUT2D eigenvalue weighted by atomic mass is 16.3. The van der Waals surface area contributed by atoms with Crippen molar-refractivity contribution < 1.29 is 5.11 Å². The average molecular weight is 259 g/mol. The Balaban J connectivity index is 1.99. The number of rotatable bonds is 3. The summed E-state index contributed by atoms with van der Waals surface area (Å²) in [6, 6.07) is 8.60. The monoisotopic (exact) mass is 259 g/mol. The van der Waals surface area contributed by atoms with Gasteiger partial charge in [-0.3, -0.25) is 0 Å². The molecule has 0 aliphatic heterocycles. The summed E-state index contributed by atoms with van der Waals surface area (Å²) < 4.78 is 0. The molecule has 1 fully saturated rings. The third-order valence-corrected chi connectivity index (χ3v) is 5.40. The minimum absolute atomic E-state index is 0.191. The van der Waals surface area contributed by atoms with Gasteiger partial charge >= 0.3 is 0 Å². The van der Waals surface area contributed by atoms with E-state index in [0.29, 0.717) is 12.5 Å². The van der Waals surface area contributed by atoms with Crippen molar-refractivity contribution in [3.8, 4) is 0 Å². The first kappa shape index (κ1) is 13.1. The maximum absolute atomic E-state index is 11.0. The van der Waals surface area contributed by atoms with Crippen LogP contribution in [0.5, 0.6) is 0 Å². The van der Waals surface area contributed by atoms with Gasteiger partial charge in [-0.15, -0.1) is 0 Å². The third kappa shape index (κ3) is 2.11. The van der Waals surface area contributed by atoms with Crippen LogP contribution in [0.1, 0.15) is 49.7 Å². The summed E-state index contributed by atoms with van der Waals surface area (Å²) in [5, 5.41) is 11.0. The summed E-state index contributed by atoms with van der Waals surface area (Å²) in [5.41, 5.74) is 8.69. The molecule has 0 spiro atoms. The summed E-state index contributed by atoms with van der Waals surface area (Å²) in [6.07, 6.45) is 7.94. The maximum atomic E-state index is 11.0. The fourth-order valence-electron chi connectivity index (χ4n) is 4.32. The Bertz CT molecular complexity index is 439. The smallest absolute Gasteiger partial charge is 0.0677 e. The van der Waals surface area contributed by atoms with E-state index in [-0.39, 0.29) is 11.5 Å². The van der Waals surface area contributed by atoms with Crippen LogP contribution in [0, 0.1) is 5.92 Å². The predicted octanol–water partition coefficient (Wildman–Crippen LogP) is 2.77. The molecule has 19 heavy (non-hydrogen) atoms. The fourth-order valence-corrected chi connectivity index (χ4v) is 4.32. The second-order valence-electron chi connectivity index (χ2n) is 6.36. The lowest BCUT2D eigenvalue weighted by Gasteiger charge is -2.44. The zero-order valence-electron chi connectivity index (χ0n) is 11.6. The molecular weight excluding hydrogens is 234 g/mol. The van der Waals surface area contributed by atoms with E-state index in [2.05, 4.69) is 24.3 Å². The topological polar surface area (TPSA) is 46.2 Å². The summed E-state index contributed by atoms with van der Waals surface area (Å²) in [6.45, 7) is 0.571. The molecule has 0 amide bonds. The molecule has 0 bridgehead atoms. The molecule has 104 valence electrons. The number of aliphatic hydroxyl groups excluding tert-OH is 1. The van der Waals surface area contributed by atoms with Crippen LogP contribution in [0.15, 0.2) is 24.3 Å². The van der Waals surface area contributed by atoms with E-state index >= 15 is 0 Å². The van der Waals surface area contributed by atoms with E-state index in [0.717, 1.165) is 19.3 Å². The lowest BCUT2D eigenvalue weighted by atomic mass is 9.63. The van der Waals surface area contributed by atoms with Gasteiger partial charge in [0.2, 0.25) is 0 Å². The van der Waals surface area contributed by atoms with Gasteiger partial charge in [0, 0.05) is 12.0 Å². The van der Waals surface area contributed by atoms with E-state index in [1.54, 1.807) is 0 Å². The Hall–Kier alpha value is -0.860. The van der Waals surface area contributed by atoms with Crippen LogP contribution in [-0.4, -0.2) is 17.8 Å². The molecular formula is C17H25NO. The predicted molar refractivity (Wildman–Crippen MR) is 78.1 cm³/mol. The number of aliphatic hydroxyl groups is 1. The molecule has 0 saturated heterocycles. The molecule has 2 unspecified atom stereocenters. The molecule has 1 aromatic rings. The number of hydrogen-bond acceptors (Lipinski definition) is 2. The van der Waals surface area contributed by atoms with E-state index in [1.165, 1.54) is 36.8 Å². The summed E-state index contributed by atoms with van der Waals surface area (Å²) in [4.78, 5) is 0. The van der Waals surface area contributed by atoms with Gasteiger partial charge < -0.3 is 10.8 Å². The highest BCUT2D eigenvalue weighted by Gasteiger charge is 2.45. The fraction of sp³-hybridized carbons (Fsp3) is 0.647. The van der Waals surface area contributed by atoms with Crippen molar-refractivity contribution >= 4 is 0 Å². The zero-order valence-corrected chi connectivity index (χ0v) is 11.6. The molecule has 0 heterocycles. The highest BCUT2D eigenvalue weighted by molar-refractivity contribution is 5.38. The molecule has 3 N–H and O–H groups in total. The van der Waals surface area contributed by atoms with Crippen LogP contribution in [0.3, 0.4) is 0 Å². The summed E-state index contributed by atoms with van der Waals surface area (Å²) in [7, 11) is 0. The van der Waals surface area contributed by atoms with E-state index < -0.39 is 0 Å². The van der Waals surface area contributed by atoms with E-state index in [1.807, 2.05) is 0 Å². The second kappa shape index (κ2) is 5.26. The number of hydrogen-bond donors (Lipinski definition) is 2. The first-order chi connectivity index (χ1) is 9.28. The third-order valence-electron chi connectivity index (χ3n) is 5.40. The Labute approximate surface area is 116 Å². The number of benzene rings is 1. The molecule has 2 nitrogen and oxygen atoms in total. The lowest BCUT2D eigenvalue weighted by molar-refractivity contribution is 0.0238. The largest absolute Gasteiger partial charge is 0.392 e. The van der Waals surface area contributed by atoms with Crippen molar-refractivity contribution in [3.63, 3.8) is 0 Å². The Morgan fingerprint density at radius 2 is 1.95 bits per heavy atom. The molecule has 1 aromatic carbocycles. The van der Waals surface area contributed by atoms with Gasteiger partial charge in [-0.1, -0.05) is 37.1 Å². The van der Waals surface area contributed by atoms with Crippen LogP contribution >= 0.6 is 0 Å². The molecule has 0 aromatic heterocycles. The van der Waals surface area contributed by atoms with Gasteiger partial charge in [0.05, 0.1) is 6.10 Å². The van der Waals surface area contributed by atoms with Crippen molar-refractivity contribution in [1.29, 1.82) is 0 Å². The minimum Gasteiger partial charge on any atom is -0.392 e. The standard InChI is InChI=1S/C17H25NO/c18-12-17(16(19)14-7-1-2-8-14)11-5-9-13-6-3-4-10-15(13)17/h3-4,6,10,14,16,19H,1-2,5,7-9,11-12,18H2. The van der Waals surface area contributed by atoms with Crippen molar-refractivity contribution in [1.82, 2.24) is 0 Å². The van der Waals surface area contributed by atoms with Gasteiger partial charge in [-0.2, -0.15) is 0 Å². The summed E-state index contributed by atoms with van der Waals surface area (Å²) >= 11 is 0. The molecule has 0 radical (unpaired) electrons. The van der Waals surface area contributed by atoms with Crippen LogP contribution in [0.2, 0.25) is 0 Å². The number of fused-ring (bicyclic) bond motifs is 1. The molecule has 2 aliphatic rings. The maximum Gasteiger partial charge on any atom is 0.0677 e. The Morgan fingerprint density at radius 1 is 1.21 bits per heavy atom. The van der Waals surface area contributed by atoms with Crippen molar-refractivity contribution in [2.75, 3.05) is 6.54 Å². The quantitative estimate of drug-likeness (QED) is 0.877. The van der Waals surface area contributed by atoms with Crippen molar-refractivity contribution in [2.45, 2.75) is 56.5 Å². The van der Waals surface area contributed by atoms with Gasteiger partial charge in [0.1, 0.15) is 0 Å². The zero-order chi connectivity index (χ0) is 13.3. The Kier molecular flexibility index (Phi) is 3.64. The van der Waals surface area contributed by atoms with Crippen LogP contribution in [0.4, 0.5) is 0 Å². The van der Waals surface area contributed by atoms with Gasteiger partial charge in [0.15, 0.2) is 0 Å². The molecule has 2 heteroatoms. The van der Waals surface area contributed by atoms with Gasteiger partial charge in [-0.25, -0.2) is 0 Å². The van der Waals surface area contributed by atoms with Crippen molar-refractivity contribution in [3.05, 3.63) is 35.4 Å². The molecule has 2 aliphatic carbocycles. The first-order valence-electron chi connectivity index (χ1n) is 7.74. The van der Waals surface area contributed by atoms with Gasteiger partial charge in [-0.05, 0) is 49.1 Å². The Morgan fingerprint density at radius 3 is 2.68 bits per heavy atom. The van der Waals surface area contributed by atoms with E-state index in [4.69, 9.17) is 5.73 Å². The second-order valence-corrected chi connectivity index (χ2v) is 6.36. The average Bonchev–Trinajstić information content (AvgIpc) is 3.00. The normalized spacial score (nSPS) is 29.2. The molecule has 3 rings (SSSR count). The van der Waals surface area contributed by atoms with Crippen LogP contribution in [-0.2, 0) is 11.8 Å². The van der Waals surface area contributed by atoms with Crippen LogP contribution in [0.25, 0.3) is 0 Å². The van der Waals surface area contributed by atoms with E-state index in [9.17, 15) is 5.11 Å². The number of nitrogens with two attached hydrogens (primary N) is 1. The SMILES string of the molecule is NCC1(C(O)C2CCCC2)CCCc2ccccc21. The number of aryl methyl sites for hydroxylation is 1. The van der Waals surface area contributed by atoms with Gasteiger partial charge in [0.25, 0.3) is 0 Å². The minimum atomic E-state index is -0.263. The van der Waals surface area contributed by atoms with Crippen molar-refractivity contribution in [2.24, 2.45) is 11.7 Å². The molecule has 2 atom stereocenters. The lowest BCUT2D eigenvalue weighted by Crippen LogP contribution is -2.50. The highest BCUT2D eigenvalue weighted by Crippen LogP contribution is 2.44. The first-order valence-corrected chi connectivity index (χ1v) is 7.74.